The zero-order valence-corrected chi connectivity index (χ0v) is 16.5. The average Bonchev–Trinajstić information content (AvgIpc) is 2.64. The van der Waals surface area contributed by atoms with E-state index in [0.717, 1.165) is 11.3 Å². The Balaban J connectivity index is 2.45. The van der Waals surface area contributed by atoms with Gasteiger partial charge in [-0.2, -0.15) is 5.26 Å². The lowest BCUT2D eigenvalue weighted by Crippen LogP contribution is -1.97. The van der Waals surface area contributed by atoms with E-state index < -0.39 is 0 Å². The van der Waals surface area contributed by atoms with Gasteiger partial charge in [0.15, 0.2) is 0 Å². The Labute approximate surface area is 163 Å². The Morgan fingerprint density at radius 1 is 1.24 bits per heavy atom. The van der Waals surface area contributed by atoms with Gasteiger partial charge in [-0.3, -0.25) is 4.98 Å². The number of methoxy groups -OCH3 is 1. The van der Waals surface area contributed by atoms with Crippen LogP contribution in [-0.2, 0) is 5.33 Å². The SMILES string of the molecule is COc1cc(C)c(Cl)c(-c2ccc(C#N)c3ncc(CBr)nc23)c1Cl. The van der Waals surface area contributed by atoms with Crippen molar-refractivity contribution in [3.8, 4) is 22.9 Å². The maximum absolute atomic E-state index is 9.36. The van der Waals surface area contributed by atoms with Gasteiger partial charge < -0.3 is 4.74 Å². The van der Waals surface area contributed by atoms with E-state index in [2.05, 4.69) is 32.0 Å². The third kappa shape index (κ3) is 3.06. The highest BCUT2D eigenvalue weighted by Crippen LogP contribution is 2.44. The number of fused-ring (bicyclic) bond motifs is 1. The first-order valence-electron chi connectivity index (χ1n) is 7.29. The predicted octanol–water partition coefficient (Wildman–Crippen LogP) is 5.69. The highest BCUT2D eigenvalue weighted by atomic mass is 79.9. The van der Waals surface area contributed by atoms with Crippen molar-refractivity contribution in [2.75, 3.05) is 7.11 Å². The number of aromatic nitrogens is 2. The van der Waals surface area contributed by atoms with Crippen molar-refractivity contribution in [1.82, 2.24) is 9.97 Å². The molecule has 0 atom stereocenters. The van der Waals surface area contributed by atoms with Gasteiger partial charge in [-0.1, -0.05) is 45.2 Å². The predicted molar refractivity (Wildman–Crippen MR) is 104 cm³/mol. The number of aryl methyl sites for hydroxylation is 1. The highest BCUT2D eigenvalue weighted by Gasteiger charge is 2.20. The molecule has 0 saturated carbocycles. The Morgan fingerprint density at radius 3 is 2.64 bits per heavy atom. The number of nitriles is 1. The molecule has 0 aliphatic heterocycles. The molecule has 0 radical (unpaired) electrons. The van der Waals surface area contributed by atoms with Crippen LogP contribution in [0.3, 0.4) is 0 Å². The summed E-state index contributed by atoms with van der Waals surface area (Å²) in [5.41, 5.74) is 4.44. The molecule has 126 valence electrons. The molecule has 0 aliphatic carbocycles. The molecular formula is C18H12BrCl2N3O. The van der Waals surface area contributed by atoms with E-state index in [9.17, 15) is 5.26 Å². The topological polar surface area (TPSA) is 58.8 Å². The summed E-state index contributed by atoms with van der Waals surface area (Å²) in [4.78, 5) is 9.03. The van der Waals surface area contributed by atoms with E-state index >= 15 is 0 Å². The van der Waals surface area contributed by atoms with E-state index in [1.165, 1.54) is 0 Å². The van der Waals surface area contributed by atoms with Crippen LogP contribution < -0.4 is 4.74 Å². The van der Waals surface area contributed by atoms with E-state index in [4.69, 9.17) is 27.9 Å². The fraction of sp³-hybridized carbons (Fsp3) is 0.167. The minimum Gasteiger partial charge on any atom is -0.495 e. The molecule has 1 heterocycles. The van der Waals surface area contributed by atoms with Crippen LogP contribution >= 0.6 is 39.1 Å². The van der Waals surface area contributed by atoms with Gasteiger partial charge in [0, 0.05) is 16.5 Å². The van der Waals surface area contributed by atoms with Crippen LogP contribution in [0.5, 0.6) is 5.75 Å². The highest BCUT2D eigenvalue weighted by molar-refractivity contribution is 9.08. The first-order chi connectivity index (χ1) is 12.0. The van der Waals surface area contributed by atoms with Crippen molar-refractivity contribution < 1.29 is 4.74 Å². The van der Waals surface area contributed by atoms with Crippen LogP contribution in [0.2, 0.25) is 10.0 Å². The van der Waals surface area contributed by atoms with Gasteiger partial charge in [-0.25, -0.2) is 4.98 Å². The summed E-state index contributed by atoms with van der Waals surface area (Å²) >= 11 is 16.5. The molecular weight excluding hydrogens is 425 g/mol. The maximum atomic E-state index is 9.36. The number of halogens is 3. The molecule has 3 aromatic rings. The van der Waals surface area contributed by atoms with E-state index in [1.807, 2.05) is 6.92 Å². The number of nitrogens with zero attached hydrogens (tertiary/aromatic N) is 3. The largest absolute Gasteiger partial charge is 0.495 e. The summed E-state index contributed by atoms with van der Waals surface area (Å²) < 4.78 is 5.36. The molecule has 3 rings (SSSR count). The standard InChI is InChI=1S/C18H12BrCl2N3O/c1-9-5-13(25-2)16(21)14(15(9)20)12-4-3-10(7-22)17-18(12)24-11(6-19)8-23-17/h3-5,8H,6H2,1-2H3. The number of alkyl halides is 1. The van der Waals surface area contributed by atoms with Crippen LogP contribution in [0.4, 0.5) is 0 Å². The van der Waals surface area contributed by atoms with Gasteiger partial charge in [0.05, 0.1) is 40.1 Å². The first kappa shape index (κ1) is 17.9. The van der Waals surface area contributed by atoms with Crippen LogP contribution in [-0.4, -0.2) is 17.1 Å². The maximum Gasteiger partial charge on any atom is 0.138 e. The minimum atomic E-state index is 0.398. The van der Waals surface area contributed by atoms with Crippen molar-refractivity contribution in [2.24, 2.45) is 0 Å². The summed E-state index contributed by atoms with van der Waals surface area (Å²) in [7, 11) is 1.55. The molecule has 0 saturated heterocycles. The quantitative estimate of drug-likeness (QED) is 0.495. The van der Waals surface area contributed by atoms with Crippen molar-refractivity contribution >= 4 is 50.2 Å². The van der Waals surface area contributed by atoms with Gasteiger partial charge in [-0.05, 0) is 24.6 Å². The van der Waals surface area contributed by atoms with Crippen LogP contribution in [0.15, 0.2) is 24.4 Å². The summed E-state index contributed by atoms with van der Waals surface area (Å²) in [6.07, 6.45) is 1.64. The summed E-state index contributed by atoms with van der Waals surface area (Å²) in [6, 6.07) is 7.42. The molecule has 0 aliphatic rings. The molecule has 0 fully saturated rings. The lowest BCUT2D eigenvalue weighted by atomic mass is 9.99. The summed E-state index contributed by atoms with van der Waals surface area (Å²) in [5.74, 6) is 0.528. The molecule has 0 amide bonds. The number of hydrogen-bond acceptors (Lipinski definition) is 4. The summed E-state index contributed by atoms with van der Waals surface area (Å²) in [6.45, 7) is 1.88. The molecule has 2 aromatic carbocycles. The summed E-state index contributed by atoms with van der Waals surface area (Å²) in [5, 5.41) is 10.8. The van der Waals surface area contributed by atoms with Crippen LogP contribution in [0, 0.1) is 18.3 Å². The number of rotatable bonds is 3. The molecule has 1 aromatic heterocycles. The van der Waals surface area contributed by atoms with Gasteiger partial charge in [0.2, 0.25) is 0 Å². The lowest BCUT2D eigenvalue weighted by molar-refractivity contribution is 0.415. The van der Waals surface area contributed by atoms with E-state index in [0.29, 0.717) is 48.8 Å². The molecule has 0 bridgehead atoms. The van der Waals surface area contributed by atoms with Crippen LogP contribution in [0.1, 0.15) is 16.8 Å². The van der Waals surface area contributed by atoms with Gasteiger partial charge in [0.1, 0.15) is 17.3 Å². The van der Waals surface area contributed by atoms with Crippen molar-refractivity contribution in [1.29, 1.82) is 5.26 Å². The average molecular weight is 437 g/mol. The minimum absolute atomic E-state index is 0.398. The third-order valence-electron chi connectivity index (χ3n) is 3.85. The number of benzene rings is 2. The normalized spacial score (nSPS) is 10.7. The fourth-order valence-electron chi connectivity index (χ4n) is 2.62. The number of hydrogen-bond donors (Lipinski definition) is 0. The fourth-order valence-corrected chi connectivity index (χ4v) is 3.51. The smallest absolute Gasteiger partial charge is 0.138 e. The molecule has 0 spiro atoms. The molecule has 4 nitrogen and oxygen atoms in total. The van der Waals surface area contributed by atoms with Crippen molar-refractivity contribution in [3.63, 3.8) is 0 Å². The molecule has 0 unspecified atom stereocenters. The van der Waals surface area contributed by atoms with E-state index in [1.54, 1.807) is 31.5 Å². The zero-order valence-electron chi connectivity index (χ0n) is 13.4. The van der Waals surface area contributed by atoms with Gasteiger partial charge >= 0.3 is 0 Å². The van der Waals surface area contributed by atoms with Gasteiger partial charge in [0.25, 0.3) is 0 Å². The Kier molecular flexibility index (Phi) is 5.14. The van der Waals surface area contributed by atoms with Crippen LogP contribution in [0.25, 0.3) is 22.2 Å². The number of ether oxygens (including phenoxy) is 1. The van der Waals surface area contributed by atoms with Crippen molar-refractivity contribution in [2.45, 2.75) is 12.3 Å². The Morgan fingerprint density at radius 2 is 2.00 bits per heavy atom. The van der Waals surface area contributed by atoms with Crippen molar-refractivity contribution in [3.05, 3.63) is 51.3 Å². The van der Waals surface area contributed by atoms with Gasteiger partial charge in [-0.15, -0.1) is 0 Å². The first-order valence-corrected chi connectivity index (χ1v) is 9.17. The molecule has 0 N–H and O–H groups in total. The Bertz CT molecular complexity index is 1030. The Hall–Kier alpha value is -1.87. The third-order valence-corrected chi connectivity index (χ3v) is 5.28. The monoisotopic (exact) mass is 435 g/mol. The lowest BCUT2D eigenvalue weighted by Gasteiger charge is -2.15. The second-order valence-electron chi connectivity index (χ2n) is 5.36. The van der Waals surface area contributed by atoms with E-state index in [-0.39, 0.29) is 0 Å². The molecule has 25 heavy (non-hydrogen) atoms. The second-order valence-corrected chi connectivity index (χ2v) is 6.68. The molecule has 7 heteroatoms. The zero-order chi connectivity index (χ0) is 18.1. The second kappa shape index (κ2) is 7.17.